The zero-order chi connectivity index (χ0) is 18.9. The van der Waals surface area contributed by atoms with E-state index in [2.05, 4.69) is 0 Å². The van der Waals surface area contributed by atoms with E-state index in [9.17, 15) is 20.1 Å². The summed E-state index contributed by atoms with van der Waals surface area (Å²) in [7, 11) is 0. The number of allylic oxidation sites excluding steroid dienone is 5. The zero-order valence-electron chi connectivity index (χ0n) is 15.0. The van der Waals surface area contributed by atoms with Gasteiger partial charge in [0.25, 0.3) is 0 Å². The molecule has 0 aliphatic carbocycles. The van der Waals surface area contributed by atoms with Crippen molar-refractivity contribution >= 4 is 5.97 Å². The smallest absolute Gasteiger partial charge is 0.303 e. The maximum atomic E-state index is 10.4. The van der Waals surface area contributed by atoms with E-state index in [4.69, 9.17) is 5.11 Å². The van der Waals surface area contributed by atoms with Gasteiger partial charge >= 0.3 is 5.97 Å². The number of carboxylic acids is 1. The van der Waals surface area contributed by atoms with Crippen LogP contribution in [-0.4, -0.2) is 44.7 Å². The first-order valence-electron chi connectivity index (χ1n) is 8.90. The number of aliphatic hydroxyl groups excluding tert-OH is 3. The van der Waals surface area contributed by atoms with Crippen molar-refractivity contribution in [2.45, 2.75) is 70.2 Å². The van der Waals surface area contributed by atoms with Crippen LogP contribution >= 0.6 is 0 Å². The normalized spacial score (nSPS) is 16.3. The largest absolute Gasteiger partial charge is 0.481 e. The summed E-state index contributed by atoms with van der Waals surface area (Å²) in [6.07, 6.45) is 16.5. The van der Waals surface area contributed by atoms with Crippen LogP contribution in [0.1, 0.15) is 51.9 Å². The minimum Gasteiger partial charge on any atom is -0.481 e. The lowest BCUT2D eigenvalue weighted by molar-refractivity contribution is -0.137. The molecule has 0 unspecified atom stereocenters. The van der Waals surface area contributed by atoms with Gasteiger partial charge in [0.2, 0.25) is 0 Å². The number of rotatable bonds is 14. The molecule has 0 bridgehead atoms. The molecule has 4 N–H and O–H groups in total. The molecule has 0 aliphatic heterocycles. The Kier molecular flexibility index (Phi) is 14.7. The average molecular weight is 352 g/mol. The summed E-state index contributed by atoms with van der Waals surface area (Å²) in [6.45, 7) is 1.92. The Bertz CT molecular complexity index is 451. The second-order valence-corrected chi connectivity index (χ2v) is 5.91. The second-order valence-electron chi connectivity index (χ2n) is 5.91. The predicted octanol–water partition coefficient (Wildman–Crippen LogP) is 3.13. The van der Waals surface area contributed by atoms with E-state index < -0.39 is 18.2 Å². The van der Waals surface area contributed by atoms with Gasteiger partial charge in [-0.1, -0.05) is 55.5 Å². The molecule has 0 aromatic heterocycles. The third-order valence-corrected chi connectivity index (χ3v) is 3.54. The van der Waals surface area contributed by atoms with E-state index in [1.54, 1.807) is 42.5 Å². The van der Waals surface area contributed by atoms with Gasteiger partial charge in [0.1, 0.15) is 0 Å². The van der Waals surface area contributed by atoms with Crippen molar-refractivity contribution in [2.24, 2.45) is 0 Å². The highest BCUT2D eigenvalue weighted by Gasteiger charge is 2.01. The van der Waals surface area contributed by atoms with Crippen LogP contribution in [0.3, 0.4) is 0 Å². The topological polar surface area (TPSA) is 98.0 Å². The van der Waals surface area contributed by atoms with E-state index >= 15 is 0 Å². The molecule has 0 aromatic carbocycles. The van der Waals surface area contributed by atoms with Crippen molar-refractivity contribution in [1.29, 1.82) is 0 Å². The monoisotopic (exact) mass is 352 g/mol. The molecule has 3 atom stereocenters. The molecule has 0 rings (SSSR count). The lowest BCUT2D eigenvalue weighted by Crippen LogP contribution is -2.03. The Balaban J connectivity index is 3.82. The fourth-order valence-corrected chi connectivity index (χ4v) is 2.00. The van der Waals surface area contributed by atoms with Crippen molar-refractivity contribution in [3.63, 3.8) is 0 Å². The van der Waals surface area contributed by atoms with Gasteiger partial charge in [0.15, 0.2) is 0 Å². The fraction of sp³-hybridized carbons (Fsp3) is 0.550. The number of hydrogen-bond donors (Lipinski definition) is 4. The van der Waals surface area contributed by atoms with Crippen molar-refractivity contribution in [3.05, 3.63) is 48.6 Å². The first-order valence-corrected chi connectivity index (χ1v) is 8.90. The molecular weight excluding hydrogens is 320 g/mol. The molecule has 25 heavy (non-hydrogen) atoms. The van der Waals surface area contributed by atoms with Crippen LogP contribution in [0.2, 0.25) is 0 Å². The summed E-state index contributed by atoms with van der Waals surface area (Å²) >= 11 is 0. The van der Waals surface area contributed by atoms with Gasteiger partial charge in [0.05, 0.1) is 18.3 Å². The summed E-state index contributed by atoms with van der Waals surface area (Å²) in [4.78, 5) is 10.4. The molecule has 0 aliphatic rings. The maximum Gasteiger partial charge on any atom is 0.303 e. The summed E-state index contributed by atoms with van der Waals surface area (Å²) in [5.74, 6) is -0.852. The highest BCUT2D eigenvalue weighted by atomic mass is 16.4. The Morgan fingerprint density at radius 1 is 0.840 bits per heavy atom. The van der Waals surface area contributed by atoms with Gasteiger partial charge in [0, 0.05) is 6.42 Å². The Morgan fingerprint density at radius 2 is 1.40 bits per heavy atom. The number of hydrogen-bond acceptors (Lipinski definition) is 4. The molecule has 0 saturated carbocycles. The van der Waals surface area contributed by atoms with Gasteiger partial charge in [-0.2, -0.15) is 0 Å². The van der Waals surface area contributed by atoms with Gasteiger partial charge in [-0.05, 0) is 38.5 Å². The number of aliphatic hydroxyl groups is 3. The van der Waals surface area contributed by atoms with Gasteiger partial charge < -0.3 is 20.4 Å². The molecule has 0 radical (unpaired) electrons. The van der Waals surface area contributed by atoms with Crippen molar-refractivity contribution in [2.75, 3.05) is 0 Å². The summed E-state index contributed by atoms with van der Waals surface area (Å²) in [6, 6.07) is 0. The van der Waals surface area contributed by atoms with Crippen LogP contribution < -0.4 is 0 Å². The highest BCUT2D eigenvalue weighted by Crippen LogP contribution is 2.05. The molecule has 0 heterocycles. The van der Waals surface area contributed by atoms with E-state index in [-0.39, 0.29) is 12.5 Å². The summed E-state index contributed by atoms with van der Waals surface area (Å²) < 4.78 is 0. The van der Waals surface area contributed by atoms with E-state index in [0.717, 1.165) is 12.8 Å². The fourth-order valence-electron chi connectivity index (χ4n) is 2.00. The molecular formula is C20H32O5. The quantitative estimate of drug-likeness (QED) is 0.219. The van der Waals surface area contributed by atoms with Crippen molar-refractivity contribution in [3.8, 4) is 0 Å². The molecule has 0 spiro atoms. The SMILES string of the molecule is CC[C@@H](O)/C=C/CCC[C@@H](O)/C=C/C=C/C=C\[C@@H](O)CCCC(=O)O. The molecule has 0 saturated heterocycles. The molecule has 0 fully saturated rings. The first-order chi connectivity index (χ1) is 12.0. The minimum atomic E-state index is -0.852. The van der Waals surface area contributed by atoms with E-state index in [1.807, 2.05) is 13.0 Å². The van der Waals surface area contributed by atoms with Gasteiger partial charge in [-0.15, -0.1) is 0 Å². The van der Waals surface area contributed by atoms with E-state index in [0.29, 0.717) is 25.7 Å². The molecule has 5 nitrogen and oxygen atoms in total. The number of carboxylic acid groups (broad SMARTS) is 1. The van der Waals surface area contributed by atoms with Crippen molar-refractivity contribution < 1.29 is 25.2 Å². The Morgan fingerprint density at radius 3 is 1.92 bits per heavy atom. The van der Waals surface area contributed by atoms with Crippen LogP contribution in [-0.2, 0) is 4.79 Å². The van der Waals surface area contributed by atoms with Crippen LogP contribution in [0.5, 0.6) is 0 Å². The number of aliphatic carboxylic acids is 1. The van der Waals surface area contributed by atoms with Gasteiger partial charge in [-0.25, -0.2) is 0 Å². The average Bonchev–Trinajstić information content (AvgIpc) is 2.57. The number of unbranched alkanes of at least 4 members (excludes halogenated alkanes) is 1. The second kappa shape index (κ2) is 15.8. The third kappa shape index (κ3) is 16.9. The van der Waals surface area contributed by atoms with Gasteiger partial charge in [-0.3, -0.25) is 4.79 Å². The standard InChI is InChI=1S/C20H32O5/c1-2-17(21)11-8-5-9-14-18(22)12-6-3-4-7-13-19(23)15-10-16-20(24)25/h3-4,6-8,11-13,17-19,21-23H,2,5,9-10,14-16H2,1H3,(H,24,25)/b4-3+,11-8+,12-6+,13-7-/t17-,18+,19-/m1/s1. The molecule has 0 aromatic rings. The van der Waals surface area contributed by atoms with E-state index in [1.165, 1.54) is 0 Å². The van der Waals surface area contributed by atoms with Crippen LogP contribution in [0.25, 0.3) is 0 Å². The minimum absolute atomic E-state index is 0.0658. The lowest BCUT2D eigenvalue weighted by atomic mass is 10.1. The Hall–Kier alpha value is -1.69. The molecule has 5 heteroatoms. The predicted molar refractivity (Wildman–Crippen MR) is 100 cm³/mol. The first kappa shape index (κ1) is 23.3. The van der Waals surface area contributed by atoms with Crippen LogP contribution in [0.4, 0.5) is 0 Å². The third-order valence-electron chi connectivity index (χ3n) is 3.54. The maximum absolute atomic E-state index is 10.4. The zero-order valence-corrected chi connectivity index (χ0v) is 15.0. The Labute approximate surface area is 150 Å². The number of carbonyl (C=O) groups is 1. The van der Waals surface area contributed by atoms with Crippen molar-refractivity contribution in [1.82, 2.24) is 0 Å². The molecule has 0 amide bonds. The summed E-state index contributed by atoms with van der Waals surface area (Å²) in [5, 5.41) is 37.3. The lowest BCUT2D eigenvalue weighted by Gasteiger charge is -2.03. The highest BCUT2D eigenvalue weighted by molar-refractivity contribution is 5.66. The summed E-state index contributed by atoms with van der Waals surface area (Å²) in [5.41, 5.74) is 0. The van der Waals surface area contributed by atoms with Crippen LogP contribution in [0.15, 0.2) is 48.6 Å². The van der Waals surface area contributed by atoms with Crippen LogP contribution in [0, 0.1) is 0 Å². The molecule has 142 valence electrons.